The first kappa shape index (κ1) is 24.4. The lowest BCUT2D eigenvalue weighted by molar-refractivity contribution is -0.122. The third-order valence-electron chi connectivity index (χ3n) is 4.13. The summed E-state index contributed by atoms with van der Waals surface area (Å²) in [6.45, 7) is 2.81. The third-order valence-corrected chi connectivity index (χ3v) is 4.62. The van der Waals surface area contributed by atoms with E-state index in [1.807, 2.05) is 0 Å². The highest BCUT2D eigenvalue weighted by Gasteiger charge is 2.18. The summed E-state index contributed by atoms with van der Waals surface area (Å²) in [5.41, 5.74) is 0.626. The molecule has 0 aromatic heterocycles. The molecule has 0 unspecified atom stereocenters. The molecule has 0 radical (unpaired) electrons. The number of amides is 2. The number of carbonyl (C=O) groups is 2. The minimum Gasteiger partial charge on any atom is -0.493 e. The molecule has 6 nitrogen and oxygen atoms in total. The summed E-state index contributed by atoms with van der Waals surface area (Å²) in [5, 5.41) is 5.28. The highest BCUT2D eigenvalue weighted by atomic mass is 35.5. The van der Waals surface area contributed by atoms with Gasteiger partial charge in [-0.2, -0.15) is 0 Å². The normalized spacial score (nSPS) is 10.6. The van der Waals surface area contributed by atoms with E-state index >= 15 is 0 Å². The molecule has 8 heteroatoms. The highest BCUT2D eigenvalue weighted by molar-refractivity contribution is 6.27. The Bertz CT molecular complexity index is 596. The van der Waals surface area contributed by atoms with Gasteiger partial charge >= 0.3 is 0 Å². The molecular formula is C20H30Cl2N2O4. The van der Waals surface area contributed by atoms with Crippen molar-refractivity contribution in [3.8, 4) is 11.5 Å². The van der Waals surface area contributed by atoms with Gasteiger partial charge in [0.25, 0.3) is 0 Å². The Kier molecular flexibility index (Phi) is 12.5. The van der Waals surface area contributed by atoms with Crippen LogP contribution in [-0.2, 0) is 9.59 Å². The summed E-state index contributed by atoms with van der Waals surface area (Å²) in [6, 6.07) is 5.23. The number of unbranched alkanes of at least 4 members (excludes halogenated alkanes) is 5. The van der Waals surface area contributed by atoms with Crippen molar-refractivity contribution in [1.29, 1.82) is 0 Å². The van der Waals surface area contributed by atoms with Gasteiger partial charge in [0.05, 0.1) is 13.7 Å². The van der Waals surface area contributed by atoms with E-state index in [0.717, 1.165) is 12.8 Å². The second-order valence-corrected chi connectivity index (χ2v) is 6.90. The van der Waals surface area contributed by atoms with Crippen LogP contribution in [0.15, 0.2) is 18.2 Å². The molecule has 0 heterocycles. The number of hydrogen-bond donors (Lipinski definition) is 2. The fourth-order valence-electron chi connectivity index (χ4n) is 2.65. The van der Waals surface area contributed by atoms with Crippen molar-refractivity contribution in [2.45, 2.75) is 51.6 Å². The van der Waals surface area contributed by atoms with Crippen LogP contribution < -0.4 is 20.1 Å². The summed E-state index contributed by atoms with van der Waals surface area (Å²) in [7, 11) is 1.54. The van der Waals surface area contributed by atoms with Crippen LogP contribution in [0.3, 0.4) is 0 Å². The minimum atomic E-state index is -0.765. The zero-order valence-corrected chi connectivity index (χ0v) is 18.1. The molecule has 28 heavy (non-hydrogen) atoms. The average molecular weight is 433 g/mol. The Balaban J connectivity index is 2.73. The summed E-state index contributed by atoms with van der Waals surface area (Å²) >= 11 is 11.1. The van der Waals surface area contributed by atoms with Gasteiger partial charge in [-0.25, -0.2) is 0 Å². The number of methoxy groups -OCH3 is 1. The zero-order chi connectivity index (χ0) is 20.8. The Morgan fingerprint density at radius 2 is 1.57 bits per heavy atom. The molecule has 2 amide bonds. The van der Waals surface area contributed by atoms with Gasteiger partial charge in [-0.1, -0.05) is 45.1 Å². The number of alkyl halides is 2. The first-order valence-electron chi connectivity index (χ1n) is 9.57. The molecule has 0 spiro atoms. The molecule has 0 fully saturated rings. The predicted molar refractivity (Wildman–Crippen MR) is 112 cm³/mol. The number of carbonyl (C=O) groups excluding carboxylic acids is 2. The van der Waals surface area contributed by atoms with Crippen molar-refractivity contribution in [3.05, 3.63) is 23.8 Å². The van der Waals surface area contributed by atoms with Gasteiger partial charge in [-0.3, -0.25) is 9.59 Å². The lowest BCUT2D eigenvalue weighted by Gasteiger charge is -2.21. The van der Waals surface area contributed by atoms with Crippen LogP contribution in [0.5, 0.6) is 11.5 Å². The maximum Gasteiger partial charge on any atom is 0.236 e. The molecule has 0 saturated heterocycles. The summed E-state index contributed by atoms with van der Waals surface area (Å²) in [4.78, 5) is 23.3. The Morgan fingerprint density at radius 3 is 2.14 bits per heavy atom. The van der Waals surface area contributed by atoms with Crippen molar-refractivity contribution in [2.75, 3.05) is 25.5 Å². The molecule has 1 aromatic rings. The number of ether oxygens (including phenoxy) is 2. The summed E-state index contributed by atoms with van der Waals surface area (Å²) in [5.74, 6) is -0.124. The van der Waals surface area contributed by atoms with Gasteiger partial charge in [-0.05, 0) is 24.1 Å². The first-order chi connectivity index (χ1) is 13.5. The fraction of sp³-hybridized carbons (Fsp3) is 0.600. The van der Waals surface area contributed by atoms with Crippen molar-refractivity contribution in [2.24, 2.45) is 0 Å². The number of nitrogens with one attached hydrogen (secondary N) is 2. The molecule has 1 rings (SSSR count). The van der Waals surface area contributed by atoms with Crippen molar-refractivity contribution < 1.29 is 19.1 Å². The molecule has 1 aromatic carbocycles. The van der Waals surface area contributed by atoms with Crippen molar-refractivity contribution in [1.82, 2.24) is 10.6 Å². The van der Waals surface area contributed by atoms with E-state index < -0.39 is 18.0 Å². The molecule has 0 atom stereocenters. The molecule has 0 aliphatic rings. The third kappa shape index (κ3) is 9.02. The minimum absolute atomic E-state index is 0.218. The molecule has 0 saturated carbocycles. The van der Waals surface area contributed by atoms with E-state index in [1.165, 1.54) is 25.7 Å². The monoisotopic (exact) mass is 432 g/mol. The Morgan fingerprint density at radius 1 is 0.964 bits per heavy atom. The number of rotatable bonds is 14. The Labute approximate surface area is 177 Å². The predicted octanol–water partition coefficient (Wildman–Crippen LogP) is 4.14. The van der Waals surface area contributed by atoms with Crippen LogP contribution in [0.1, 0.15) is 57.2 Å². The standard InChI is InChI=1S/C20H30Cl2N2O4/c1-3-4-5-6-7-8-11-28-16-10-9-15(12-17(16)27-2)20(23-18(25)13-21)24-19(26)14-22/h9-10,12,20H,3-8,11,13-14H2,1-2H3,(H,23,25)(H,24,26). The van der Waals surface area contributed by atoms with E-state index in [4.69, 9.17) is 32.7 Å². The van der Waals surface area contributed by atoms with Gasteiger partial charge in [-0.15, -0.1) is 23.2 Å². The van der Waals surface area contributed by atoms with Crippen molar-refractivity contribution >= 4 is 35.0 Å². The van der Waals surface area contributed by atoms with Gasteiger partial charge < -0.3 is 20.1 Å². The highest BCUT2D eigenvalue weighted by Crippen LogP contribution is 2.30. The van der Waals surface area contributed by atoms with Crippen LogP contribution >= 0.6 is 23.2 Å². The van der Waals surface area contributed by atoms with Gasteiger partial charge in [0.1, 0.15) is 17.9 Å². The van der Waals surface area contributed by atoms with E-state index in [-0.39, 0.29) is 11.8 Å². The van der Waals surface area contributed by atoms with Gasteiger partial charge in [0.2, 0.25) is 11.8 Å². The van der Waals surface area contributed by atoms with Crippen molar-refractivity contribution in [3.63, 3.8) is 0 Å². The largest absolute Gasteiger partial charge is 0.493 e. The number of hydrogen-bond acceptors (Lipinski definition) is 4. The van der Waals surface area contributed by atoms with E-state index in [2.05, 4.69) is 17.6 Å². The second kappa shape index (κ2) is 14.4. The van der Waals surface area contributed by atoms with Crippen LogP contribution in [0.25, 0.3) is 0 Å². The molecule has 2 N–H and O–H groups in total. The maximum atomic E-state index is 11.7. The molecule has 0 aliphatic carbocycles. The van der Waals surface area contributed by atoms with Crippen LogP contribution in [0, 0.1) is 0 Å². The Hall–Kier alpha value is -1.66. The first-order valence-corrected chi connectivity index (χ1v) is 10.6. The smallest absolute Gasteiger partial charge is 0.236 e. The van der Waals surface area contributed by atoms with Crippen LogP contribution in [0.2, 0.25) is 0 Å². The number of halogens is 2. The maximum absolute atomic E-state index is 11.7. The van der Waals surface area contributed by atoms with E-state index in [0.29, 0.717) is 23.7 Å². The SMILES string of the molecule is CCCCCCCCOc1ccc(C(NC(=O)CCl)NC(=O)CCl)cc1OC. The fourth-order valence-corrected chi connectivity index (χ4v) is 2.80. The molecule has 0 bridgehead atoms. The second-order valence-electron chi connectivity index (χ2n) is 6.36. The van der Waals surface area contributed by atoms with Crippen LogP contribution in [0.4, 0.5) is 0 Å². The van der Waals surface area contributed by atoms with E-state index in [9.17, 15) is 9.59 Å². The quantitative estimate of drug-likeness (QED) is 0.263. The molecule has 0 aliphatic heterocycles. The van der Waals surface area contributed by atoms with Gasteiger partial charge in [0.15, 0.2) is 11.5 Å². The zero-order valence-electron chi connectivity index (χ0n) is 16.6. The molecular weight excluding hydrogens is 403 g/mol. The molecule has 158 valence electrons. The summed E-state index contributed by atoms with van der Waals surface area (Å²) < 4.78 is 11.2. The van der Waals surface area contributed by atoms with E-state index in [1.54, 1.807) is 25.3 Å². The summed E-state index contributed by atoms with van der Waals surface area (Å²) in [6.07, 6.45) is 6.34. The topological polar surface area (TPSA) is 76.7 Å². The number of benzene rings is 1. The lowest BCUT2D eigenvalue weighted by atomic mass is 10.1. The van der Waals surface area contributed by atoms with Crippen LogP contribution in [-0.4, -0.2) is 37.3 Å². The lowest BCUT2D eigenvalue weighted by Crippen LogP contribution is -2.42. The van der Waals surface area contributed by atoms with Gasteiger partial charge in [0, 0.05) is 0 Å². The average Bonchev–Trinajstić information content (AvgIpc) is 2.72.